The van der Waals surface area contributed by atoms with Gasteiger partial charge in [0.15, 0.2) is 5.58 Å². The van der Waals surface area contributed by atoms with Crippen LogP contribution in [0.2, 0.25) is 0 Å². The summed E-state index contributed by atoms with van der Waals surface area (Å²) < 4.78 is 5.80. The zero-order chi connectivity index (χ0) is 16.7. The quantitative estimate of drug-likeness (QED) is 0.738. The van der Waals surface area contributed by atoms with Gasteiger partial charge in [0, 0.05) is 26.3 Å². The highest BCUT2D eigenvalue weighted by Gasteiger charge is 2.37. The molecule has 122 valence electrons. The van der Waals surface area contributed by atoms with E-state index in [0.717, 1.165) is 24.2 Å². The van der Waals surface area contributed by atoms with Crippen LogP contribution >= 0.6 is 0 Å². The molecule has 0 bridgehead atoms. The van der Waals surface area contributed by atoms with Crippen molar-refractivity contribution < 1.29 is 9.21 Å². The van der Waals surface area contributed by atoms with Crippen LogP contribution in [0.4, 0.5) is 11.8 Å². The number of benzene rings is 1. The Morgan fingerprint density at radius 2 is 1.96 bits per heavy atom. The van der Waals surface area contributed by atoms with Crippen LogP contribution < -0.4 is 9.80 Å². The summed E-state index contributed by atoms with van der Waals surface area (Å²) in [6, 6.07) is 11.7. The number of hydrogen-bond donors (Lipinski definition) is 0. The number of amides is 1. The highest BCUT2D eigenvalue weighted by molar-refractivity contribution is 6.06. The monoisotopic (exact) mass is 322 g/mol. The van der Waals surface area contributed by atoms with Crippen molar-refractivity contribution in [2.75, 3.05) is 23.9 Å². The number of anilines is 2. The molecule has 1 aromatic carbocycles. The van der Waals surface area contributed by atoms with Gasteiger partial charge in [0.05, 0.1) is 5.56 Å². The lowest BCUT2D eigenvalue weighted by Gasteiger charge is -2.18. The van der Waals surface area contributed by atoms with E-state index in [2.05, 4.69) is 9.97 Å². The molecule has 0 atom stereocenters. The number of aromatic nitrogens is 2. The molecule has 0 spiro atoms. The standard InChI is InChI=1S/C18H18N4O2/c1-21(2)16-10-7-12(11-19-16)17(23)22(13-8-9-13)18-20-14-5-3-4-6-15(14)24-18/h3-7,10-11,13H,8-9H2,1-2H3. The van der Waals surface area contributed by atoms with E-state index in [0.29, 0.717) is 17.2 Å². The van der Waals surface area contributed by atoms with E-state index < -0.39 is 0 Å². The van der Waals surface area contributed by atoms with Gasteiger partial charge in [0.25, 0.3) is 5.91 Å². The topological polar surface area (TPSA) is 62.5 Å². The van der Waals surface area contributed by atoms with Crippen LogP contribution in [0, 0.1) is 0 Å². The van der Waals surface area contributed by atoms with Crippen molar-refractivity contribution in [1.82, 2.24) is 9.97 Å². The summed E-state index contributed by atoms with van der Waals surface area (Å²) >= 11 is 0. The molecule has 24 heavy (non-hydrogen) atoms. The van der Waals surface area contributed by atoms with Gasteiger partial charge in [-0.05, 0) is 37.1 Å². The summed E-state index contributed by atoms with van der Waals surface area (Å²) in [4.78, 5) is 25.3. The van der Waals surface area contributed by atoms with Gasteiger partial charge in [-0.15, -0.1) is 0 Å². The molecular formula is C18H18N4O2. The van der Waals surface area contributed by atoms with Crippen molar-refractivity contribution in [1.29, 1.82) is 0 Å². The van der Waals surface area contributed by atoms with Crippen LogP contribution in [0.3, 0.4) is 0 Å². The number of fused-ring (bicyclic) bond motifs is 1. The largest absolute Gasteiger partial charge is 0.423 e. The summed E-state index contributed by atoms with van der Waals surface area (Å²) in [6.45, 7) is 0. The Morgan fingerprint density at radius 3 is 2.58 bits per heavy atom. The minimum absolute atomic E-state index is 0.123. The second kappa shape index (κ2) is 5.63. The van der Waals surface area contributed by atoms with Crippen LogP contribution in [0.15, 0.2) is 47.0 Å². The molecule has 1 aliphatic rings. The molecule has 2 heterocycles. The summed E-state index contributed by atoms with van der Waals surface area (Å²) in [5, 5.41) is 0. The molecule has 1 saturated carbocycles. The number of hydrogen-bond acceptors (Lipinski definition) is 5. The van der Waals surface area contributed by atoms with Crippen LogP contribution in [-0.4, -0.2) is 36.0 Å². The molecule has 0 unspecified atom stereocenters. The van der Waals surface area contributed by atoms with Crippen molar-refractivity contribution in [3.63, 3.8) is 0 Å². The van der Waals surface area contributed by atoms with E-state index in [1.165, 1.54) is 0 Å². The molecule has 0 radical (unpaired) electrons. The average molecular weight is 322 g/mol. The zero-order valence-corrected chi connectivity index (χ0v) is 13.6. The second-order valence-electron chi connectivity index (χ2n) is 6.17. The maximum absolute atomic E-state index is 13.0. The first-order chi connectivity index (χ1) is 11.6. The van der Waals surface area contributed by atoms with Gasteiger partial charge in [-0.3, -0.25) is 9.69 Å². The molecule has 1 aliphatic carbocycles. The first-order valence-electron chi connectivity index (χ1n) is 7.96. The van der Waals surface area contributed by atoms with Gasteiger partial charge in [-0.2, -0.15) is 4.98 Å². The van der Waals surface area contributed by atoms with Gasteiger partial charge >= 0.3 is 6.01 Å². The number of oxazole rings is 1. The molecule has 6 nitrogen and oxygen atoms in total. The van der Waals surface area contributed by atoms with Gasteiger partial charge in [-0.25, -0.2) is 4.98 Å². The second-order valence-corrected chi connectivity index (χ2v) is 6.17. The molecule has 4 rings (SSSR count). The number of rotatable bonds is 4. The highest BCUT2D eigenvalue weighted by atomic mass is 16.4. The van der Waals surface area contributed by atoms with Crippen molar-refractivity contribution >= 4 is 28.8 Å². The molecule has 3 aromatic rings. The van der Waals surface area contributed by atoms with E-state index >= 15 is 0 Å². The van der Waals surface area contributed by atoms with Gasteiger partial charge in [0.2, 0.25) is 0 Å². The third-order valence-corrected chi connectivity index (χ3v) is 4.07. The number of pyridine rings is 1. The number of carbonyl (C=O) groups is 1. The van der Waals surface area contributed by atoms with E-state index in [9.17, 15) is 4.79 Å². The number of nitrogens with zero attached hydrogens (tertiary/aromatic N) is 4. The van der Waals surface area contributed by atoms with E-state index in [1.807, 2.05) is 49.3 Å². The smallest absolute Gasteiger partial charge is 0.305 e. The summed E-state index contributed by atoms with van der Waals surface area (Å²) in [5.74, 6) is 0.688. The van der Waals surface area contributed by atoms with Gasteiger partial charge < -0.3 is 9.32 Å². The SMILES string of the molecule is CN(C)c1ccc(C(=O)N(c2nc3ccccc3o2)C2CC2)cn1. The summed E-state index contributed by atoms with van der Waals surface area (Å²) in [5.41, 5.74) is 1.98. The van der Waals surface area contributed by atoms with E-state index in [4.69, 9.17) is 4.42 Å². The maximum atomic E-state index is 13.0. The Hall–Kier alpha value is -2.89. The van der Waals surface area contributed by atoms with Crippen molar-refractivity contribution in [3.05, 3.63) is 48.2 Å². The lowest BCUT2D eigenvalue weighted by atomic mass is 10.2. The molecular weight excluding hydrogens is 304 g/mol. The van der Waals surface area contributed by atoms with Gasteiger partial charge in [0.1, 0.15) is 11.3 Å². The van der Waals surface area contributed by atoms with Crippen LogP contribution in [0.1, 0.15) is 23.2 Å². The summed E-state index contributed by atoms with van der Waals surface area (Å²) in [7, 11) is 3.83. The lowest BCUT2D eigenvalue weighted by Crippen LogP contribution is -2.33. The number of para-hydroxylation sites is 2. The fourth-order valence-corrected chi connectivity index (χ4v) is 2.62. The molecule has 0 N–H and O–H groups in total. The Labute approximate surface area is 139 Å². The predicted molar refractivity (Wildman–Crippen MR) is 92.4 cm³/mol. The van der Waals surface area contributed by atoms with E-state index in [-0.39, 0.29) is 11.9 Å². The first kappa shape index (κ1) is 14.7. The van der Waals surface area contributed by atoms with E-state index in [1.54, 1.807) is 17.2 Å². The van der Waals surface area contributed by atoms with Crippen molar-refractivity contribution in [2.24, 2.45) is 0 Å². The third kappa shape index (κ3) is 2.60. The lowest BCUT2D eigenvalue weighted by molar-refractivity contribution is 0.0980. The average Bonchev–Trinajstić information content (AvgIpc) is 3.33. The Balaban J connectivity index is 1.68. The molecule has 6 heteroatoms. The fourth-order valence-electron chi connectivity index (χ4n) is 2.62. The highest BCUT2D eigenvalue weighted by Crippen LogP contribution is 2.34. The molecule has 0 aliphatic heterocycles. The minimum Gasteiger partial charge on any atom is -0.423 e. The minimum atomic E-state index is -0.123. The fraction of sp³-hybridized carbons (Fsp3) is 0.278. The molecule has 0 saturated heterocycles. The normalized spacial score (nSPS) is 13.9. The molecule has 2 aromatic heterocycles. The van der Waals surface area contributed by atoms with Crippen LogP contribution in [-0.2, 0) is 0 Å². The van der Waals surface area contributed by atoms with Crippen molar-refractivity contribution in [2.45, 2.75) is 18.9 Å². The number of carbonyl (C=O) groups excluding carboxylic acids is 1. The summed E-state index contributed by atoms with van der Waals surface area (Å²) in [6.07, 6.45) is 3.54. The maximum Gasteiger partial charge on any atom is 0.305 e. The van der Waals surface area contributed by atoms with Crippen LogP contribution in [0.5, 0.6) is 0 Å². The Kier molecular flexibility index (Phi) is 3.45. The van der Waals surface area contributed by atoms with Crippen molar-refractivity contribution in [3.8, 4) is 0 Å². The molecule has 1 fully saturated rings. The molecule has 1 amide bonds. The third-order valence-electron chi connectivity index (χ3n) is 4.07. The predicted octanol–water partition coefficient (Wildman–Crippen LogP) is 3.10. The Bertz CT molecular complexity index is 848. The Morgan fingerprint density at radius 1 is 1.17 bits per heavy atom. The first-order valence-corrected chi connectivity index (χ1v) is 7.96. The zero-order valence-electron chi connectivity index (χ0n) is 13.6. The van der Waals surface area contributed by atoms with Gasteiger partial charge in [-0.1, -0.05) is 12.1 Å². The van der Waals surface area contributed by atoms with Crippen LogP contribution in [0.25, 0.3) is 11.1 Å².